The highest BCUT2D eigenvalue weighted by atomic mass is 16.4. The van der Waals surface area contributed by atoms with Crippen molar-refractivity contribution >= 4 is 5.97 Å². The van der Waals surface area contributed by atoms with Gasteiger partial charge in [0.25, 0.3) is 0 Å². The fraction of sp³-hybridized carbons (Fsp3) is 0.333. The lowest BCUT2D eigenvalue weighted by molar-refractivity contribution is -0.131. The number of aromatic nitrogens is 2. The second kappa shape index (κ2) is 5.06. The molecule has 0 saturated heterocycles. The maximum Gasteiger partial charge on any atom is 0.329 e. The number of aliphatic carboxylic acids is 1. The van der Waals surface area contributed by atoms with Crippen molar-refractivity contribution in [3.8, 4) is 0 Å². The average molecular weight is 195 g/mol. The van der Waals surface area contributed by atoms with Crippen LogP contribution in [0.5, 0.6) is 0 Å². The van der Waals surface area contributed by atoms with Crippen LogP contribution in [0.3, 0.4) is 0 Å². The fourth-order valence-corrected chi connectivity index (χ4v) is 1.03. The maximum absolute atomic E-state index is 10.2. The summed E-state index contributed by atoms with van der Waals surface area (Å²) < 4.78 is 1.78. The SMILES string of the molecule is CC(Cn1cccn1)N/C=C/C(=O)O. The van der Waals surface area contributed by atoms with Crippen molar-refractivity contribution < 1.29 is 9.90 Å². The third-order valence-electron chi connectivity index (χ3n) is 1.63. The molecule has 5 nitrogen and oxygen atoms in total. The van der Waals surface area contributed by atoms with Gasteiger partial charge in [0.05, 0.1) is 6.54 Å². The van der Waals surface area contributed by atoms with Crippen molar-refractivity contribution in [1.29, 1.82) is 0 Å². The second-order valence-corrected chi connectivity index (χ2v) is 2.97. The Bertz CT molecular complexity index is 306. The van der Waals surface area contributed by atoms with Gasteiger partial charge in [-0.1, -0.05) is 0 Å². The minimum atomic E-state index is -0.955. The molecule has 1 atom stereocenters. The Hall–Kier alpha value is -1.78. The van der Waals surface area contributed by atoms with E-state index in [1.54, 1.807) is 10.9 Å². The monoisotopic (exact) mass is 195 g/mol. The highest BCUT2D eigenvalue weighted by molar-refractivity contribution is 5.79. The van der Waals surface area contributed by atoms with Gasteiger partial charge >= 0.3 is 5.97 Å². The number of hydrogen-bond acceptors (Lipinski definition) is 3. The Kier molecular flexibility index (Phi) is 3.72. The summed E-state index contributed by atoms with van der Waals surface area (Å²) in [5.41, 5.74) is 0. The first-order chi connectivity index (χ1) is 6.68. The van der Waals surface area contributed by atoms with Crippen molar-refractivity contribution in [2.45, 2.75) is 19.5 Å². The molecule has 0 radical (unpaired) electrons. The summed E-state index contributed by atoms with van der Waals surface area (Å²) in [6.07, 6.45) is 6.06. The minimum absolute atomic E-state index is 0.144. The summed E-state index contributed by atoms with van der Waals surface area (Å²) in [5.74, 6) is -0.955. The number of carboxylic acids is 1. The number of hydrogen-bond donors (Lipinski definition) is 2. The fourth-order valence-electron chi connectivity index (χ4n) is 1.03. The summed E-state index contributed by atoms with van der Waals surface area (Å²) >= 11 is 0. The predicted molar refractivity (Wildman–Crippen MR) is 51.6 cm³/mol. The maximum atomic E-state index is 10.2. The zero-order chi connectivity index (χ0) is 10.4. The van der Waals surface area contributed by atoms with E-state index in [9.17, 15) is 4.79 Å². The van der Waals surface area contributed by atoms with E-state index >= 15 is 0 Å². The summed E-state index contributed by atoms with van der Waals surface area (Å²) in [7, 11) is 0. The lowest BCUT2D eigenvalue weighted by Crippen LogP contribution is -2.26. The molecule has 1 rings (SSSR count). The van der Waals surface area contributed by atoms with Crippen molar-refractivity contribution in [1.82, 2.24) is 15.1 Å². The normalized spacial score (nSPS) is 12.9. The molecule has 0 spiro atoms. The molecule has 1 heterocycles. The van der Waals surface area contributed by atoms with E-state index in [4.69, 9.17) is 5.11 Å². The van der Waals surface area contributed by atoms with E-state index in [0.717, 1.165) is 6.08 Å². The van der Waals surface area contributed by atoms with Crippen LogP contribution >= 0.6 is 0 Å². The molecule has 76 valence electrons. The molecule has 5 heteroatoms. The van der Waals surface area contributed by atoms with Gasteiger partial charge in [-0.2, -0.15) is 5.10 Å². The zero-order valence-corrected chi connectivity index (χ0v) is 7.92. The second-order valence-electron chi connectivity index (χ2n) is 2.97. The lowest BCUT2D eigenvalue weighted by atomic mass is 10.3. The largest absolute Gasteiger partial charge is 0.478 e. The highest BCUT2D eigenvalue weighted by Crippen LogP contribution is 1.90. The van der Waals surface area contributed by atoms with E-state index in [1.807, 2.05) is 19.2 Å². The molecule has 0 aliphatic heterocycles. The van der Waals surface area contributed by atoms with Gasteiger partial charge in [-0.05, 0) is 13.0 Å². The molecule has 0 saturated carbocycles. The van der Waals surface area contributed by atoms with Crippen LogP contribution in [0.4, 0.5) is 0 Å². The van der Waals surface area contributed by atoms with E-state index in [1.165, 1.54) is 6.20 Å². The summed E-state index contributed by atoms with van der Waals surface area (Å²) in [6, 6.07) is 1.99. The molecule has 0 fully saturated rings. The van der Waals surface area contributed by atoms with Crippen LogP contribution in [0, 0.1) is 0 Å². The molecule has 14 heavy (non-hydrogen) atoms. The van der Waals surface area contributed by atoms with E-state index in [2.05, 4.69) is 10.4 Å². The Morgan fingerprint density at radius 2 is 2.57 bits per heavy atom. The topological polar surface area (TPSA) is 67.2 Å². The quantitative estimate of drug-likeness (QED) is 0.670. The van der Waals surface area contributed by atoms with Gasteiger partial charge in [0.1, 0.15) is 0 Å². The minimum Gasteiger partial charge on any atom is -0.478 e. The molecule has 0 aliphatic carbocycles. The Morgan fingerprint density at radius 3 is 3.14 bits per heavy atom. The first-order valence-corrected chi connectivity index (χ1v) is 4.31. The smallest absolute Gasteiger partial charge is 0.329 e. The third kappa shape index (κ3) is 3.75. The number of nitrogens with zero attached hydrogens (tertiary/aromatic N) is 2. The average Bonchev–Trinajstić information content (AvgIpc) is 2.56. The van der Waals surface area contributed by atoms with Gasteiger partial charge in [0, 0.05) is 30.7 Å². The molecule has 0 bridgehead atoms. The van der Waals surface area contributed by atoms with E-state index < -0.39 is 5.97 Å². The van der Waals surface area contributed by atoms with Crippen LogP contribution in [0.25, 0.3) is 0 Å². The molecule has 2 N–H and O–H groups in total. The number of nitrogens with one attached hydrogen (secondary N) is 1. The lowest BCUT2D eigenvalue weighted by Gasteiger charge is -2.10. The summed E-state index contributed by atoms with van der Waals surface area (Å²) in [5, 5.41) is 15.3. The third-order valence-corrected chi connectivity index (χ3v) is 1.63. The summed E-state index contributed by atoms with van der Waals surface area (Å²) in [6.45, 7) is 2.66. The predicted octanol–water partition coefficient (Wildman–Crippen LogP) is 0.460. The van der Waals surface area contributed by atoms with Gasteiger partial charge in [0.15, 0.2) is 0 Å². The molecular weight excluding hydrogens is 182 g/mol. The first-order valence-electron chi connectivity index (χ1n) is 4.31. The van der Waals surface area contributed by atoms with Crippen molar-refractivity contribution in [2.24, 2.45) is 0 Å². The van der Waals surface area contributed by atoms with Crippen molar-refractivity contribution in [3.63, 3.8) is 0 Å². The molecule has 1 unspecified atom stereocenters. The molecule has 1 aromatic rings. The van der Waals surface area contributed by atoms with Crippen molar-refractivity contribution in [3.05, 3.63) is 30.7 Å². The van der Waals surface area contributed by atoms with E-state index in [0.29, 0.717) is 6.54 Å². The Balaban J connectivity index is 2.29. The Labute approximate surface area is 82.0 Å². The van der Waals surface area contributed by atoms with E-state index in [-0.39, 0.29) is 6.04 Å². The van der Waals surface area contributed by atoms with Gasteiger partial charge in [-0.3, -0.25) is 4.68 Å². The van der Waals surface area contributed by atoms with Crippen LogP contribution < -0.4 is 5.32 Å². The van der Waals surface area contributed by atoms with Gasteiger partial charge in [0.2, 0.25) is 0 Å². The molecule has 0 aliphatic rings. The van der Waals surface area contributed by atoms with Crippen LogP contribution in [0.2, 0.25) is 0 Å². The van der Waals surface area contributed by atoms with Crippen LogP contribution in [0.1, 0.15) is 6.92 Å². The van der Waals surface area contributed by atoms with Gasteiger partial charge in [-0.15, -0.1) is 0 Å². The number of carboxylic acid groups (broad SMARTS) is 1. The number of rotatable bonds is 5. The Morgan fingerprint density at radius 1 is 1.79 bits per heavy atom. The summed E-state index contributed by atoms with van der Waals surface area (Å²) in [4.78, 5) is 10.2. The highest BCUT2D eigenvalue weighted by Gasteiger charge is 1.99. The van der Waals surface area contributed by atoms with Crippen LogP contribution in [-0.4, -0.2) is 26.9 Å². The standard InChI is InChI=1S/C9H13N3O2/c1-8(10-5-3-9(13)14)7-12-6-2-4-11-12/h2-6,8,10H,7H2,1H3,(H,13,14)/b5-3+. The molecular formula is C9H13N3O2. The van der Waals surface area contributed by atoms with Crippen molar-refractivity contribution in [2.75, 3.05) is 0 Å². The number of carbonyl (C=O) groups is 1. The zero-order valence-electron chi connectivity index (χ0n) is 7.92. The van der Waals surface area contributed by atoms with Crippen LogP contribution in [0.15, 0.2) is 30.7 Å². The van der Waals surface area contributed by atoms with Gasteiger partial charge < -0.3 is 10.4 Å². The molecule has 1 aromatic heterocycles. The molecule has 0 aromatic carbocycles. The molecule has 0 amide bonds. The first kappa shape index (κ1) is 10.3. The van der Waals surface area contributed by atoms with Crippen LogP contribution in [-0.2, 0) is 11.3 Å². The van der Waals surface area contributed by atoms with Gasteiger partial charge in [-0.25, -0.2) is 4.79 Å².